The van der Waals surface area contributed by atoms with Crippen molar-refractivity contribution in [1.82, 2.24) is 24.8 Å². The average molecular weight is 413 g/mol. The highest BCUT2D eigenvalue weighted by Gasteiger charge is 2.11. The molecule has 146 valence electrons. The van der Waals surface area contributed by atoms with Crippen molar-refractivity contribution >= 4 is 33.7 Å². The molecule has 9 heteroatoms. The summed E-state index contributed by atoms with van der Waals surface area (Å²) in [5.74, 6) is 0.638. The predicted molar refractivity (Wildman–Crippen MR) is 116 cm³/mol. The summed E-state index contributed by atoms with van der Waals surface area (Å²) in [7, 11) is 0. The molecule has 0 saturated heterocycles. The van der Waals surface area contributed by atoms with Crippen LogP contribution in [0.4, 0.5) is 15.5 Å². The largest absolute Gasteiger partial charge is 0.324 e. The lowest BCUT2D eigenvalue weighted by Crippen LogP contribution is -2.18. The van der Waals surface area contributed by atoms with Crippen LogP contribution < -0.4 is 10.6 Å². The zero-order valence-corrected chi connectivity index (χ0v) is 16.4. The van der Waals surface area contributed by atoms with Gasteiger partial charge >= 0.3 is 6.03 Å². The van der Waals surface area contributed by atoms with E-state index in [1.807, 2.05) is 66.0 Å². The molecule has 0 aliphatic carbocycles. The zero-order valence-electron chi connectivity index (χ0n) is 15.6. The third-order valence-corrected chi connectivity index (χ3v) is 5.16. The summed E-state index contributed by atoms with van der Waals surface area (Å²) in [5.41, 5.74) is 3.79. The number of urea groups is 1. The molecule has 0 unspecified atom stereocenters. The molecule has 5 rings (SSSR count). The fourth-order valence-electron chi connectivity index (χ4n) is 3.00. The number of amides is 2. The van der Waals surface area contributed by atoms with Crippen molar-refractivity contribution in [1.29, 1.82) is 0 Å². The normalized spacial score (nSPS) is 10.8. The second kappa shape index (κ2) is 7.72. The number of carbonyl (C=O) groups is 1. The van der Waals surface area contributed by atoms with E-state index < -0.39 is 0 Å². The van der Waals surface area contributed by atoms with Crippen LogP contribution in [0.2, 0.25) is 0 Å². The van der Waals surface area contributed by atoms with Crippen LogP contribution in [0.25, 0.3) is 28.3 Å². The molecule has 0 fully saturated rings. The summed E-state index contributed by atoms with van der Waals surface area (Å²) in [6.45, 7) is 0. The summed E-state index contributed by atoms with van der Waals surface area (Å²) in [6.07, 6.45) is 3.41. The van der Waals surface area contributed by atoms with Gasteiger partial charge < -0.3 is 5.32 Å². The van der Waals surface area contributed by atoms with E-state index in [9.17, 15) is 4.79 Å². The van der Waals surface area contributed by atoms with Gasteiger partial charge in [-0.3, -0.25) is 10.3 Å². The molecule has 0 bridgehead atoms. The molecular formula is C21H15N7OS. The summed E-state index contributed by atoms with van der Waals surface area (Å²) < 4.78 is 1.70. The van der Waals surface area contributed by atoms with Crippen LogP contribution in [-0.4, -0.2) is 30.8 Å². The summed E-state index contributed by atoms with van der Waals surface area (Å²) in [4.78, 5) is 16.3. The van der Waals surface area contributed by atoms with Crippen LogP contribution in [0, 0.1) is 0 Å². The van der Waals surface area contributed by atoms with E-state index in [0.29, 0.717) is 17.2 Å². The molecule has 4 aromatic heterocycles. The van der Waals surface area contributed by atoms with E-state index >= 15 is 0 Å². The van der Waals surface area contributed by atoms with E-state index in [1.165, 1.54) is 11.3 Å². The number of pyridine rings is 1. The van der Waals surface area contributed by atoms with E-state index in [4.69, 9.17) is 5.10 Å². The number of nitrogens with one attached hydrogen (secondary N) is 2. The predicted octanol–water partition coefficient (Wildman–Crippen LogP) is 4.56. The third-order valence-electron chi connectivity index (χ3n) is 4.38. The Labute approximate surface area is 175 Å². The maximum Gasteiger partial charge on any atom is 0.324 e. The molecule has 0 saturated carbocycles. The first-order valence-electron chi connectivity index (χ1n) is 9.11. The first-order chi connectivity index (χ1) is 14.8. The highest BCUT2D eigenvalue weighted by Crippen LogP contribution is 2.23. The molecule has 0 radical (unpaired) electrons. The van der Waals surface area contributed by atoms with Crippen molar-refractivity contribution < 1.29 is 4.79 Å². The quantitative estimate of drug-likeness (QED) is 0.450. The number of nitrogens with zero attached hydrogens (tertiary/aromatic N) is 5. The Kier molecular flexibility index (Phi) is 4.62. The standard InChI is InChI=1S/C21H15N7OS/c29-21(24-19-5-2-12-30-19)23-16-4-1-3-15(13-16)17-6-7-18-25-26-20(28(18)27-17)14-8-10-22-11-9-14/h1-13H,(H2,23,24,29). The van der Waals surface area contributed by atoms with Crippen molar-refractivity contribution in [3.8, 4) is 22.6 Å². The lowest BCUT2D eigenvalue weighted by atomic mass is 10.1. The van der Waals surface area contributed by atoms with Crippen LogP contribution in [0.5, 0.6) is 0 Å². The van der Waals surface area contributed by atoms with Crippen LogP contribution in [-0.2, 0) is 0 Å². The fourth-order valence-corrected chi connectivity index (χ4v) is 3.62. The highest BCUT2D eigenvalue weighted by molar-refractivity contribution is 7.14. The van der Waals surface area contributed by atoms with Crippen molar-refractivity contribution in [2.75, 3.05) is 10.6 Å². The second-order valence-corrected chi connectivity index (χ2v) is 7.33. The number of thiophene rings is 1. The van der Waals surface area contributed by atoms with Crippen molar-refractivity contribution in [3.63, 3.8) is 0 Å². The van der Waals surface area contributed by atoms with E-state index in [0.717, 1.165) is 21.8 Å². The van der Waals surface area contributed by atoms with Gasteiger partial charge in [0.2, 0.25) is 0 Å². The number of carbonyl (C=O) groups excluding carboxylic acids is 1. The van der Waals surface area contributed by atoms with Gasteiger partial charge in [0, 0.05) is 29.2 Å². The molecule has 2 N–H and O–H groups in total. The van der Waals surface area contributed by atoms with E-state index in [-0.39, 0.29) is 6.03 Å². The van der Waals surface area contributed by atoms with Crippen molar-refractivity contribution in [2.45, 2.75) is 0 Å². The molecule has 2 amide bonds. The van der Waals surface area contributed by atoms with Crippen LogP contribution in [0.3, 0.4) is 0 Å². The Morgan fingerprint density at radius 1 is 0.900 bits per heavy atom. The van der Waals surface area contributed by atoms with E-state index in [1.54, 1.807) is 16.9 Å². The Hall–Kier alpha value is -4.11. The number of hydrogen-bond acceptors (Lipinski definition) is 6. The van der Waals surface area contributed by atoms with Gasteiger partial charge in [-0.2, -0.15) is 9.61 Å². The number of anilines is 2. The van der Waals surface area contributed by atoms with Gasteiger partial charge in [0.25, 0.3) is 0 Å². The van der Waals surface area contributed by atoms with Gasteiger partial charge in [0.15, 0.2) is 11.5 Å². The van der Waals surface area contributed by atoms with Crippen molar-refractivity contribution in [3.05, 3.63) is 78.4 Å². The Morgan fingerprint density at radius 3 is 2.63 bits per heavy atom. The molecule has 0 aliphatic heterocycles. The van der Waals surface area contributed by atoms with Crippen LogP contribution in [0.15, 0.2) is 78.4 Å². The maximum atomic E-state index is 12.2. The SMILES string of the molecule is O=C(Nc1cccc(-c2ccc3nnc(-c4ccncc4)n3n2)c1)Nc1cccs1. The third kappa shape index (κ3) is 3.61. The number of rotatable bonds is 4. The van der Waals surface area contributed by atoms with Gasteiger partial charge in [-0.25, -0.2) is 4.79 Å². The number of aromatic nitrogens is 5. The number of benzene rings is 1. The fraction of sp³-hybridized carbons (Fsp3) is 0. The second-order valence-electron chi connectivity index (χ2n) is 6.39. The van der Waals surface area contributed by atoms with Crippen LogP contribution in [0.1, 0.15) is 0 Å². The van der Waals surface area contributed by atoms with Crippen molar-refractivity contribution in [2.24, 2.45) is 0 Å². The molecule has 30 heavy (non-hydrogen) atoms. The van der Waals surface area contributed by atoms with Crippen LogP contribution >= 0.6 is 11.3 Å². The lowest BCUT2D eigenvalue weighted by Gasteiger charge is -2.08. The van der Waals surface area contributed by atoms with Gasteiger partial charge in [0.1, 0.15) is 0 Å². The Balaban J connectivity index is 1.44. The summed E-state index contributed by atoms with van der Waals surface area (Å²) in [6, 6.07) is 18.4. The Bertz CT molecular complexity index is 1320. The lowest BCUT2D eigenvalue weighted by molar-refractivity contribution is 0.262. The van der Waals surface area contributed by atoms with Gasteiger partial charge in [-0.05, 0) is 53.9 Å². The Morgan fingerprint density at radius 2 is 1.80 bits per heavy atom. The van der Waals surface area contributed by atoms with E-state index in [2.05, 4.69) is 25.8 Å². The number of fused-ring (bicyclic) bond motifs is 1. The summed E-state index contributed by atoms with van der Waals surface area (Å²) >= 11 is 1.46. The molecule has 8 nitrogen and oxygen atoms in total. The molecule has 0 aliphatic rings. The average Bonchev–Trinajstić information content (AvgIpc) is 3.43. The number of hydrogen-bond donors (Lipinski definition) is 2. The minimum atomic E-state index is -0.295. The molecule has 0 spiro atoms. The molecular weight excluding hydrogens is 398 g/mol. The summed E-state index contributed by atoms with van der Waals surface area (Å²) in [5, 5.41) is 21.5. The molecule has 5 aromatic rings. The van der Waals surface area contributed by atoms with Gasteiger partial charge in [0.05, 0.1) is 10.7 Å². The first-order valence-corrected chi connectivity index (χ1v) is 9.99. The molecule has 4 heterocycles. The minimum Gasteiger partial charge on any atom is -0.308 e. The topological polar surface area (TPSA) is 97.1 Å². The molecule has 0 atom stereocenters. The molecule has 1 aromatic carbocycles. The highest BCUT2D eigenvalue weighted by atomic mass is 32.1. The zero-order chi connectivity index (χ0) is 20.3. The monoisotopic (exact) mass is 413 g/mol. The maximum absolute atomic E-state index is 12.2. The smallest absolute Gasteiger partial charge is 0.308 e. The van der Waals surface area contributed by atoms with Gasteiger partial charge in [-0.15, -0.1) is 21.5 Å². The van der Waals surface area contributed by atoms with Gasteiger partial charge in [-0.1, -0.05) is 12.1 Å². The first kappa shape index (κ1) is 18.0. The minimum absolute atomic E-state index is 0.295.